The Balaban J connectivity index is 0.00000210. The largest absolute Gasteiger partial charge is 0.379 e. The van der Waals surface area contributed by atoms with Crippen LogP contribution in [-0.4, -0.2) is 34.0 Å². The summed E-state index contributed by atoms with van der Waals surface area (Å²) in [4.78, 5) is 15.8. The van der Waals surface area contributed by atoms with Crippen molar-refractivity contribution in [1.29, 1.82) is 0 Å². The number of hydrogen-bond acceptors (Lipinski definition) is 6. The number of benzene rings is 1. The number of aromatic nitrogens is 2. The maximum absolute atomic E-state index is 14.0. The summed E-state index contributed by atoms with van der Waals surface area (Å²) in [6, 6.07) is 10.3. The molecule has 0 spiro atoms. The van der Waals surface area contributed by atoms with E-state index in [-0.39, 0.29) is 24.1 Å². The van der Waals surface area contributed by atoms with Gasteiger partial charge in [0.05, 0.1) is 18.4 Å². The molecule has 8 heteroatoms. The van der Waals surface area contributed by atoms with E-state index >= 15 is 0 Å². The molecule has 0 amide bonds. The standard InChI is InChI=1S/C19H22FN5S.ClH/c1-12(2)16-15(20)8-22-18(23-16)25-9-14-10-26-17(21)24-19(14,11-25)13-6-4-3-5-7-13;/h3-8,12,14H,9-11H2,1-2H3,(H2,21,24);1H/t14-,19?;/m0./s1. The van der Waals surface area contributed by atoms with Crippen LogP contribution in [0.25, 0.3) is 0 Å². The number of hydrogen-bond donors (Lipinski definition) is 1. The monoisotopic (exact) mass is 407 g/mol. The first-order valence-electron chi connectivity index (χ1n) is 8.80. The van der Waals surface area contributed by atoms with Gasteiger partial charge in [-0.1, -0.05) is 55.9 Å². The highest BCUT2D eigenvalue weighted by atomic mass is 35.5. The van der Waals surface area contributed by atoms with Gasteiger partial charge in [0.2, 0.25) is 5.95 Å². The molecule has 0 radical (unpaired) electrons. The summed E-state index contributed by atoms with van der Waals surface area (Å²) >= 11 is 1.60. The molecule has 27 heavy (non-hydrogen) atoms. The summed E-state index contributed by atoms with van der Waals surface area (Å²) in [5, 5.41) is 0.620. The minimum absolute atomic E-state index is 0. The van der Waals surface area contributed by atoms with E-state index in [0.29, 0.717) is 29.3 Å². The van der Waals surface area contributed by atoms with Crippen LogP contribution < -0.4 is 10.6 Å². The lowest BCUT2D eigenvalue weighted by Gasteiger charge is -2.34. The molecule has 1 aromatic carbocycles. The van der Waals surface area contributed by atoms with Gasteiger partial charge < -0.3 is 10.6 Å². The SMILES string of the molecule is CC(C)c1nc(N2C[C@H]3CSC(N)=NC3(c3ccccc3)C2)ncc1F.Cl. The number of halogens is 2. The van der Waals surface area contributed by atoms with Crippen molar-refractivity contribution >= 4 is 35.3 Å². The summed E-state index contributed by atoms with van der Waals surface area (Å²) in [5.74, 6) is 1.43. The minimum atomic E-state index is -0.396. The number of nitrogens with two attached hydrogens (primary N) is 1. The van der Waals surface area contributed by atoms with E-state index < -0.39 is 5.54 Å². The molecule has 0 saturated carbocycles. The zero-order valence-electron chi connectivity index (χ0n) is 15.3. The second kappa shape index (κ2) is 7.64. The van der Waals surface area contributed by atoms with Gasteiger partial charge in [-0.3, -0.25) is 0 Å². The van der Waals surface area contributed by atoms with Gasteiger partial charge in [0.25, 0.3) is 0 Å². The van der Waals surface area contributed by atoms with Crippen LogP contribution in [0.2, 0.25) is 0 Å². The maximum atomic E-state index is 14.0. The lowest BCUT2D eigenvalue weighted by atomic mass is 9.82. The first-order chi connectivity index (χ1) is 12.5. The molecule has 1 fully saturated rings. The van der Waals surface area contributed by atoms with Gasteiger partial charge in [0, 0.05) is 18.2 Å². The average molecular weight is 408 g/mol. The molecule has 2 atom stereocenters. The predicted molar refractivity (Wildman–Crippen MR) is 111 cm³/mol. The van der Waals surface area contributed by atoms with Gasteiger partial charge in [-0.05, 0) is 11.5 Å². The molecule has 4 rings (SSSR count). The Bertz CT molecular complexity index is 847. The fraction of sp³-hybridized carbons (Fsp3) is 0.421. The van der Waals surface area contributed by atoms with Crippen LogP contribution in [0.15, 0.2) is 41.5 Å². The molecule has 5 nitrogen and oxygen atoms in total. The van der Waals surface area contributed by atoms with Crippen molar-refractivity contribution in [3.05, 3.63) is 53.6 Å². The predicted octanol–water partition coefficient (Wildman–Crippen LogP) is 3.55. The number of amidine groups is 1. The molecule has 3 heterocycles. The van der Waals surface area contributed by atoms with Crippen LogP contribution in [-0.2, 0) is 5.54 Å². The van der Waals surface area contributed by atoms with Crippen LogP contribution in [0.4, 0.5) is 10.3 Å². The summed E-state index contributed by atoms with van der Waals surface area (Å²) < 4.78 is 14.0. The van der Waals surface area contributed by atoms with Crippen molar-refractivity contribution < 1.29 is 4.39 Å². The van der Waals surface area contributed by atoms with Crippen molar-refractivity contribution in [3.63, 3.8) is 0 Å². The topological polar surface area (TPSA) is 67.4 Å². The molecule has 0 aliphatic carbocycles. The smallest absolute Gasteiger partial charge is 0.225 e. The van der Waals surface area contributed by atoms with E-state index in [1.165, 1.54) is 6.20 Å². The lowest BCUT2D eigenvalue weighted by Crippen LogP contribution is -2.40. The minimum Gasteiger partial charge on any atom is -0.379 e. The Morgan fingerprint density at radius 1 is 1.30 bits per heavy atom. The first-order valence-corrected chi connectivity index (χ1v) is 9.79. The molecule has 1 aromatic heterocycles. The first kappa shape index (κ1) is 19.9. The third-order valence-corrected chi connectivity index (χ3v) is 6.11. The van der Waals surface area contributed by atoms with Crippen molar-refractivity contribution in [2.45, 2.75) is 25.3 Å². The van der Waals surface area contributed by atoms with E-state index in [4.69, 9.17) is 10.7 Å². The van der Waals surface area contributed by atoms with E-state index in [1.807, 2.05) is 32.0 Å². The number of aliphatic imine (C=N–C) groups is 1. The van der Waals surface area contributed by atoms with Crippen LogP contribution in [0.3, 0.4) is 0 Å². The third-order valence-electron chi connectivity index (χ3n) is 5.15. The average Bonchev–Trinajstić information content (AvgIpc) is 3.02. The van der Waals surface area contributed by atoms with E-state index in [9.17, 15) is 4.39 Å². The Labute approximate surface area is 169 Å². The summed E-state index contributed by atoms with van der Waals surface area (Å²) in [6.07, 6.45) is 1.28. The van der Waals surface area contributed by atoms with Gasteiger partial charge in [0.15, 0.2) is 11.0 Å². The fourth-order valence-electron chi connectivity index (χ4n) is 3.83. The molecule has 2 aliphatic heterocycles. The molecule has 144 valence electrons. The Morgan fingerprint density at radius 3 is 2.74 bits per heavy atom. The van der Waals surface area contributed by atoms with Gasteiger partial charge in [-0.25, -0.2) is 19.4 Å². The lowest BCUT2D eigenvalue weighted by molar-refractivity contribution is 0.387. The highest BCUT2D eigenvalue weighted by Crippen LogP contribution is 2.46. The molecule has 2 N–H and O–H groups in total. The van der Waals surface area contributed by atoms with Crippen molar-refractivity contribution in [1.82, 2.24) is 9.97 Å². The highest BCUT2D eigenvalue weighted by molar-refractivity contribution is 8.13. The van der Waals surface area contributed by atoms with Crippen molar-refractivity contribution in [3.8, 4) is 0 Å². The van der Waals surface area contributed by atoms with Gasteiger partial charge in [0.1, 0.15) is 5.54 Å². The summed E-state index contributed by atoms with van der Waals surface area (Å²) in [6.45, 7) is 5.30. The van der Waals surface area contributed by atoms with Crippen LogP contribution >= 0.6 is 24.2 Å². The summed E-state index contributed by atoms with van der Waals surface area (Å²) in [5.41, 5.74) is 7.31. The molecule has 1 unspecified atom stereocenters. The molecule has 0 bridgehead atoms. The number of nitrogens with zero attached hydrogens (tertiary/aromatic N) is 4. The Hall–Kier alpha value is -1.86. The quantitative estimate of drug-likeness (QED) is 0.842. The second-order valence-corrected chi connectivity index (χ2v) is 8.23. The van der Waals surface area contributed by atoms with Gasteiger partial charge in [-0.15, -0.1) is 12.4 Å². The van der Waals surface area contributed by atoms with Crippen LogP contribution in [0.1, 0.15) is 31.0 Å². The number of thioether (sulfide) groups is 1. The van der Waals surface area contributed by atoms with Gasteiger partial charge >= 0.3 is 0 Å². The number of anilines is 1. The fourth-order valence-corrected chi connectivity index (χ4v) is 4.81. The molecular formula is C19H23ClFN5S. The third kappa shape index (κ3) is 3.50. The number of fused-ring (bicyclic) bond motifs is 1. The zero-order chi connectivity index (χ0) is 18.3. The van der Waals surface area contributed by atoms with Crippen molar-refractivity contribution in [2.75, 3.05) is 23.7 Å². The van der Waals surface area contributed by atoms with Gasteiger partial charge in [-0.2, -0.15) is 0 Å². The van der Waals surface area contributed by atoms with Crippen LogP contribution in [0, 0.1) is 11.7 Å². The number of rotatable bonds is 3. The maximum Gasteiger partial charge on any atom is 0.225 e. The molecule has 1 saturated heterocycles. The van der Waals surface area contributed by atoms with E-state index in [2.05, 4.69) is 27.0 Å². The molecular weight excluding hydrogens is 385 g/mol. The Morgan fingerprint density at radius 2 is 2.04 bits per heavy atom. The zero-order valence-corrected chi connectivity index (χ0v) is 16.9. The normalized spacial score (nSPS) is 24.4. The van der Waals surface area contributed by atoms with Crippen molar-refractivity contribution in [2.24, 2.45) is 16.6 Å². The van der Waals surface area contributed by atoms with Crippen LogP contribution in [0.5, 0.6) is 0 Å². The summed E-state index contributed by atoms with van der Waals surface area (Å²) in [7, 11) is 0. The Kier molecular flexibility index (Phi) is 5.63. The van der Waals surface area contributed by atoms with E-state index in [1.54, 1.807) is 11.8 Å². The van der Waals surface area contributed by atoms with E-state index in [0.717, 1.165) is 17.9 Å². The molecule has 2 aromatic rings. The molecule has 2 aliphatic rings. The second-order valence-electron chi connectivity index (χ2n) is 7.19. The highest BCUT2D eigenvalue weighted by Gasteiger charge is 2.50.